The minimum atomic E-state index is -0.893. The van der Waals surface area contributed by atoms with E-state index in [4.69, 9.17) is 77.0 Å². The topological polar surface area (TPSA) is 154 Å². The third-order valence-corrected chi connectivity index (χ3v) is 10.0. The molecule has 14 nitrogen and oxygen atoms in total. The number of carbonyl (C=O) groups excluding carboxylic acids is 2. The summed E-state index contributed by atoms with van der Waals surface area (Å²) in [5.74, 6) is 0.125. The minimum absolute atomic E-state index is 0.0120. The molecule has 1 N–H and O–H groups in total. The van der Waals surface area contributed by atoms with E-state index in [1.54, 1.807) is 49.9 Å². The number of rotatable bonds is 11. The first-order chi connectivity index (χ1) is 27.2. The van der Waals surface area contributed by atoms with Gasteiger partial charge < -0.3 is 28.8 Å². The van der Waals surface area contributed by atoms with Crippen molar-refractivity contribution in [2.24, 2.45) is 0 Å². The van der Waals surface area contributed by atoms with Gasteiger partial charge in [-0.1, -0.05) is 46.4 Å². The SMILES string of the molecule is CCOCCOC(=O)Cl.CCOCCOC(=O)Oc1c(-c2c(C)cc(Cl)cc2Cl)c(=O)n2n1CCCC2.Cc1cc(Cl)cc(Cl)c1-c1c(O)n2n(c1=O)CCCC2. The maximum absolute atomic E-state index is 13.1. The molecule has 0 bridgehead atoms. The van der Waals surface area contributed by atoms with E-state index >= 15 is 0 Å². The number of benzene rings is 2. The number of ether oxygens (including phenoxy) is 5. The summed E-state index contributed by atoms with van der Waals surface area (Å²) in [6.45, 7) is 11.8. The second-order valence-corrected chi connectivity index (χ2v) is 14.7. The van der Waals surface area contributed by atoms with E-state index in [0.717, 1.165) is 31.2 Å². The third kappa shape index (κ3) is 11.7. The van der Waals surface area contributed by atoms with Crippen molar-refractivity contribution in [3.8, 4) is 34.0 Å². The van der Waals surface area contributed by atoms with Gasteiger partial charge in [0.1, 0.15) is 24.3 Å². The summed E-state index contributed by atoms with van der Waals surface area (Å²) in [7, 11) is 0. The van der Waals surface area contributed by atoms with Gasteiger partial charge in [0.25, 0.3) is 11.1 Å². The van der Waals surface area contributed by atoms with Crippen LogP contribution in [0.25, 0.3) is 22.3 Å². The first-order valence-electron chi connectivity index (χ1n) is 18.3. The maximum Gasteiger partial charge on any atom is 0.515 e. The van der Waals surface area contributed by atoms with E-state index in [1.807, 2.05) is 20.8 Å². The van der Waals surface area contributed by atoms with Crippen molar-refractivity contribution < 1.29 is 38.4 Å². The zero-order valence-corrected chi connectivity index (χ0v) is 35.8. The Hall–Kier alpha value is -3.63. The Morgan fingerprint density at radius 3 is 1.54 bits per heavy atom. The second kappa shape index (κ2) is 21.9. The molecule has 0 aliphatic carbocycles. The quantitative estimate of drug-likeness (QED) is 0.0876. The average Bonchev–Trinajstić information content (AvgIpc) is 3.57. The van der Waals surface area contributed by atoms with Crippen molar-refractivity contribution in [1.82, 2.24) is 18.7 Å². The summed E-state index contributed by atoms with van der Waals surface area (Å²) >= 11 is 29.5. The van der Waals surface area contributed by atoms with Crippen LogP contribution in [0.5, 0.6) is 11.8 Å². The van der Waals surface area contributed by atoms with Crippen molar-refractivity contribution in [3.05, 3.63) is 76.2 Å². The van der Waals surface area contributed by atoms with Crippen LogP contribution in [0, 0.1) is 13.8 Å². The van der Waals surface area contributed by atoms with E-state index < -0.39 is 11.6 Å². The number of nitrogens with zero attached hydrogens (tertiary/aromatic N) is 4. The van der Waals surface area contributed by atoms with E-state index in [1.165, 1.54) is 0 Å². The molecule has 0 atom stereocenters. The molecule has 0 radical (unpaired) electrons. The lowest BCUT2D eigenvalue weighted by atomic mass is 10.0. The van der Waals surface area contributed by atoms with Gasteiger partial charge in [0.05, 0.1) is 23.3 Å². The van der Waals surface area contributed by atoms with Crippen LogP contribution in [-0.2, 0) is 45.1 Å². The lowest BCUT2D eigenvalue weighted by Gasteiger charge is -2.18. The van der Waals surface area contributed by atoms with Crippen LogP contribution in [0.4, 0.5) is 9.59 Å². The normalized spacial score (nSPS) is 13.0. The number of aromatic nitrogens is 4. The fraction of sp³-hybridized carbons (Fsp3) is 0.474. The number of aromatic hydroxyl groups is 1. The van der Waals surface area contributed by atoms with Gasteiger partial charge in [-0.3, -0.25) is 19.0 Å². The number of fused-ring (bicyclic) bond motifs is 2. The molecule has 4 aromatic rings. The Balaban J connectivity index is 0.000000215. The summed E-state index contributed by atoms with van der Waals surface area (Å²) in [5, 5.41) is 12.1. The highest BCUT2D eigenvalue weighted by Gasteiger charge is 2.30. The molecule has 0 fully saturated rings. The Morgan fingerprint density at radius 1 is 0.632 bits per heavy atom. The molecule has 2 aromatic heterocycles. The first kappa shape index (κ1) is 46.1. The smallest absolute Gasteiger partial charge is 0.493 e. The second-order valence-electron chi connectivity index (χ2n) is 12.7. The largest absolute Gasteiger partial charge is 0.515 e. The molecule has 2 aromatic carbocycles. The molecular formula is C38H45Cl5N4O10. The monoisotopic (exact) mass is 892 g/mol. The molecule has 0 amide bonds. The number of hydrogen-bond donors (Lipinski definition) is 1. The molecule has 0 saturated heterocycles. The predicted molar refractivity (Wildman–Crippen MR) is 220 cm³/mol. The van der Waals surface area contributed by atoms with Gasteiger partial charge in [-0.15, -0.1) is 0 Å². The van der Waals surface area contributed by atoms with Gasteiger partial charge in [-0.2, -0.15) is 0 Å². The highest BCUT2D eigenvalue weighted by molar-refractivity contribution is 6.61. The molecule has 2 aliphatic rings. The van der Waals surface area contributed by atoms with Crippen molar-refractivity contribution >= 4 is 69.6 Å². The summed E-state index contributed by atoms with van der Waals surface area (Å²) in [4.78, 5) is 47.7. The molecular weight excluding hydrogens is 850 g/mol. The lowest BCUT2D eigenvalue weighted by Crippen LogP contribution is -2.28. The van der Waals surface area contributed by atoms with E-state index in [-0.39, 0.29) is 53.8 Å². The lowest BCUT2D eigenvalue weighted by molar-refractivity contribution is 0.0537. The summed E-state index contributed by atoms with van der Waals surface area (Å²) in [6.07, 6.45) is 2.74. The zero-order valence-electron chi connectivity index (χ0n) is 32.0. The Morgan fingerprint density at radius 2 is 1.07 bits per heavy atom. The standard InChI is InChI=1S/C19H22Cl2N2O5.C14H14Cl2N2O2.C5H9ClO3/c1-3-26-8-9-27-19(25)28-18-16(15-12(2)10-13(20)11-14(15)21)17(24)22-6-4-5-7-23(18)22;1-8-6-9(15)7-10(16)11(8)12-13(19)17-4-2-3-5-18(17)14(12)20;1-2-8-3-4-9-5(6)7/h10-11H,3-9H2,1-2H3;6-7,19H,2-5H2,1H3;2-4H2,1H3. The third-order valence-electron chi connectivity index (χ3n) is 8.86. The molecule has 2 aliphatic heterocycles. The summed E-state index contributed by atoms with van der Waals surface area (Å²) < 4.78 is 31.3. The van der Waals surface area contributed by atoms with E-state index in [2.05, 4.69) is 4.74 Å². The van der Waals surface area contributed by atoms with Crippen LogP contribution in [0.2, 0.25) is 20.1 Å². The molecule has 0 saturated carbocycles. The Kier molecular flexibility index (Phi) is 17.7. The van der Waals surface area contributed by atoms with Crippen molar-refractivity contribution in [2.45, 2.75) is 79.6 Å². The van der Waals surface area contributed by atoms with Gasteiger partial charge in [0.15, 0.2) is 0 Å². The number of carbonyl (C=O) groups is 2. The first-order valence-corrected chi connectivity index (χ1v) is 20.2. The van der Waals surface area contributed by atoms with Crippen LogP contribution in [-0.4, -0.2) is 75.1 Å². The molecule has 57 heavy (non-hydrogen) atoms. The summed E-state index contributed by atoms with van der Waals surface area (Å²) in [5.41, 5.74) is 1.82. The molecule has 0 unspecified atom stereocenters. The van der Waals surface area contributed by atoms with Gasteiger partial charge in [-0.05, 0) is 88.8 Å². The van der Waals surface area contributed by atoms with Gasteiger partial charge >= 0.3 is 11.6 Å². The molecule has 6 rings (SSSR count). The fourth-order valence-corrected chi connectivity index (χ4v) is 7.88. The molecule has 0 spiro atoms. The number of halogens is 5. The molecule has 19 heteroatoms. The zero-order chi connectivity index (χ0) is 41.8. The van der Waals surface area contributed by atoms with E-state index in [0.29, 0.717) is 82.8 Å². The highest BCUT2D eigenvalue weighted by Crippen LogP contribution is 2.39. The van der Waals surface area contributed by atoms with E-state index in [9.17, 15) is 24.3 Å². The van der Waals surface area contributed by atoms with Gasteiger partial charge in [-0.25, -0.2) is 19.0 Å². The summed E-state index contributed by atoms with van der Waals surface area (Å²) in [6, 6.07) is 6.61. The van der Waals surface area contributed by atoms with Gasteiger partial charge in [0.2, 0.25) is 11.8 Å². The van der Waals surface area contributed by atoms with Crippen LogP contribution >= 0.6 is 58.0 Å². The predicted octanol–water partition coefficient (Wildman–Crippen LogP) is 9.11. The Bertz CT molecular complexity index is 2110. The van der Waals surface area contributed by atoms with Crippen LogP contribution < -0.4 is 15.9 Å². The fourth-order valence-electron chi connectivity index (χ4n) is 6.42. The molecule has 4 heterocycles. The Labute approximate surface area is 354 Å². The van der Waals surface area contributed by atoms with Gasteiger partial charge in [0, 0.05) is 72.2 Å². The number of hydrogen-bond acceptors (Lipinski definition) is 10. The van der Waals surface area contributed by atoms with Crippen LogP contribution in [0.1, 0.15) is 50.7 Å². The van der Waals surface area contributed by atoms with Crippen molar-refractivity contribution in [2.75, 3.05) is 39.6 Å². The minimum Gasteiger partial charge on any atom is -0.493 e. The maximum atomic E-state index is 13.1. The van der Waals surface area contributed by atoms with Crippen LogP contribution in [0.3, 0.4) is 0 Å². The van der Waals surface area contributed by atoms with Crippen LogP contribution in [0.15, 0.2) is 33.9 Å². The average molecular weight is 895 g/mol. The highest BCUT2D eigenvalue weighted by atomic mass is 35.5. The molecule has 312 valence electrons. The van der Waals surface area contributed by atoms with Crippen molar-refractivity contribution in [3.63, 3.8) is 0 Å². The van der Waals surface area contributed by atoms with Crippen molar-refractivity contribution in [1.29, 1.82) is 0 Å². The number of aryl methyl sites for hydroxylation is 2.